The Morgan fingerprint density at radius 1 is 1.29 bits per heavy atom. The van der Waals surface area contributed by atoms with E-state index in [4.69, 9.17) is 4.52 Å². The van der Waals surface area contributed by atoms with Crippen molar-refractivity contribution >= 4 is 5.78 Å². The minimum atomic E-state index is -0.00740. The third kappa shape index (κ3) is 2.40. The number of Topliss-reactive ketones (excluding diaryl/α,β-unsaturated/α-hetero) is 1. The van der Waals surface area contributed by atoms with Gasteiger partial charge in [0.15, 0.2) is 0 Å². The first-order valence-electron chi connectivity index (χ1n) is 9.12. The number of aromatic nitrogens is 2. The fraction of sp³-hybridized carbons (Fsp3) is 0.550. The van der Waals surface area contributed by atoms with Crippen LogP contribution >= 0.6 is 0 Å². The average Bonchev–Trinajstić information content (AvgIpc) is 3.49. The predicted molar refractivity (Wildman–Crippen MR) is 89.7 cm³/mol. The molecule has 0 N–H and O–H groups in total. The SMILES string of the molecule is CC1(C(=O)C[C@@H]2CCc3cc(-c4noc(C5CC5)n4)ccc32)CC1. The van der Waals surface area contributed by atoms with Gasteiger partial charge in [0.2, 0.25) is 11.7 Å². The predicted octanol–water partition coefficient (Wildman–Crippen LogP) is 4.40. The molecular weight excluding hydrogens is 300 g/mol. The van der Waals surface area contributed by atoms with Crippen molar-refractivity contribution in [3.8, 4) is 11.4 Å². The van der Waals surface area contributed by atoms with Crippen molar-refractivity contribution in [1.29, 1.82) is 0 Å². The second-order valence-corrected chi connectivity index (χ2v) is 8.07. The van der Waals surface area contributed by atoms with Crippen LogP contribution < -0.4 is 0 Å². The number of ketones is 1. The number of fused-ring (bicyclic) bond motifs is 1. The van der Waals surface area contributed by atoms with Gasteiger partial charge in [0.25, 0.3) is 0 Å². The summed E-state index contributed by atoms with van der Waals surface area (Å²) in [6.07, 6.45) is 7.32. The zero-order valence-corrected chi connectivity index (χ0v) is 14.0. The van der Waals surface area contributed by atoms with Gasteiger partial charge in [0.1, 0.15) is 5.78 Å². The summed E-state index contributed by atoms with van der Waals surface area (Å²) in [5.41, 5.74) is 3.73. The number of carbonyl (C=O) groups excluding carboxylic acids is 1. The topological polar surface area (TPSA) is 56.0 Å². The summed E-state index contributed by atoms with van der Waals surface area (Å²) in [5.74, 6) is 2.82. The van der Waals surface area contributed by atoms with Gasteiger partial charge in [-0.1, -0.05) is 24.2 Å². The molecule has 0 spiro atoms. The number of rotatable bonds is 5. The van der Waals surface area contributed by atoms with Gasteiger partial charge in [-0.05, 0) is 61.6 Å². The summed E-state index contributed by atoms with van der Waals surface area (Å²) < 4.78 is 5.37. The maximum absolute atomic E-state index is 12.4. The molecule has 3 aliphatic carbocycles. The smallest absolute Gasteiger partial charge is 0.230 e. The van der Waals surface area contributed by atoms with E-state index in [0.29, 0.717) is 29.9 Å². The molecule has 0 saturated heterocycles. The summed E-state index contributed by atoms with van der Waals surface area (Å²) in [6.45, 7) is 2.11. The van der Waals surface area contributed by atoms with Crippen molar-refractivity contribution in [1.82, 2.24) is 10.1 Å². The molecule has 0 bridgehead atoms. The van der Waals surface area contributed by atoms with E-state index in [2.05, 4.69) is 35.3 Å². The highest BCUT2D eigenvalue weighted by atomic mass is 16.5. The molecule has 0 radical (unpaired) electrons. The fourth-order valence-electron chi connectivity index (χ4n) is 3.84. The van der Waals surface area contributed by atoms with E-state index in [-0.39, 0.29) is 5.41 Å². The standard InChI is InChI=1S/C20H22N2O2/c1-20(8-9-20)17(23)11-14-5-4-13-10-15(6-7-16(13)14)18-21-19(24-22-18)12-2-3-12/h6-7,10,12,14H,2-5,8-9,11H2,1H3/t14-/m0/s1. The minimum absolute atomic E-state index is 0.00740. The Balaban J connectivity index is 1.37. The maximum atomic E-state index is 12.4. The van der Waals surface area contributed by atoms with Crippen LogP contribution in [-0.2, 0) is 11.2 Å². The van der Waals surface area contributed by atoms with Gasteiger partial charge >= 0.3 is 0 Å². The Kier molecular flexibility index (Phi) is 3.00. The van der Waals surface area contributed by atoms with Crippen molar-refractivity contribution in [2.45, 2.75) is 63.7 Å². The van der Waals surface area contributed by atoms with Crippen LogP contribution in [0.15, 0.2) is 22.7 Å². The number of aryl methyl sites for hydroxylation is 1. The molecule has 1 heterocycles. The van der Waals surface area contributed by atoms with Crippen LogP contribution in [0.25, 0.3) is 11.4 Å². The zero-order valence-electron chi connectivity index (χ0n) is 14.0. The van der Waals surface area contributed by atoms with Gasteiger partial charge in [-0.15, -0.1) is 0 Å². The summed E-state index contributed by atoms with van der Waals surface area (Å²) in [7, 11) is 0. The number of hydrogen-bond donors (Lipinski definition) is 0. The molecule has 1 aromatic heterocycles. The summed E-state index contributed by atoms with van der Waals surface area (Å²) in [6, 6.07) is 6.46. The first-order valence-corrected chi connectivity index (χ1v) is 9.12. The Bertz CT molecular complexity index is 815. The number of benzene rings is 1. The summed E-state index contributed by atoms with van der Waals surface area (Å²) in [4.78, 5) is 17.0. The van der Waals surface area contributed by atoms with Gasteiger partial charge in [-0.3, -0.25) is 4.79 Å². The second kappa shape index (κ2) is 5.01. The van der Waals surface area contributed by atoms with E-state index in [9.17, 15) is 4.79 Å². The molecule has 3 aliphatic rings. The highest BCUT2D eigenvalue weighted by Crippen LogP contribution is 2.49. The molecule has 4 nitrogen and oxygen atoms in total. The first-order chi connectivity index (χ1) is 11.6. The number of carbonyl (C=O) groups is 1. The van der Waals surface area contributed by atoms with Crippen molar-refractivity contribution < 1.29 is 9.32 Å². The Morgan fingerprint density at radius 3 is 2.88 bits per heavy atom. The fourth-order valence-corrected chi connectivity index (χ4v) is 3.84. The molecule has 2 fully saturated rings. The van der Waals surface area contributed by atoms with Crippen LogP contribution in [0.2, 0.25) is 0 Å². The molecule has 1 aromatic carbocycles. The third-order valence-corrected chi connectivity index (χ3v) is 6.08. The van der Waals surface area contributed by atoms with E-state index >= 15 is 0 Å². The van der Waals surface area contributed by atoms with Gasteiger partial charge in [-0.2, -0.15) is 4.98 Å². The quantitative estimate of drug-likeness (QED) is 0.818. The summed E-state index contributed by atoms with van der Waals surface area (Å²) >= 11 is 0. The van der Waals surface area contributed by atoms with Crippen molar-refractivity contribution in [3.63, 3.8) is 0 Å². The van der Waals surface area contributed by atoms with Crippen LogP contribution in [0.4, 0.5) is 0 Å². The maximum Gasteiger partial charge on any atom is 0.230 e. The van der Waals surface area contributed by atoms with Gasteiger partial charge < -0.3 is 4.52 Å². The summed E-state index contributed by atoms with van der Waals surface area (Å²) in [5, 5.41) is 4.14. The molecule has 0 amide bonds. The Hall–Kier alpha value is -1.97. The monoisotopic (exact) mass is 322 g/mol. The van der Waals surface area contributed by atoms with Gasteiger partial charge in [0.05, 0.1) is 0 Å². The van der Waals surface area contributed by atoms with Gasteiger partial charge in [-0.25, -0.2) is 0 Å². The minimum Gasteiger partial charge on any atom is -0.339 e. The molecule has 2 aromatic rings. The molecule has 0 aliphatic heterocycles. The van der Waals surface area contributed by atoms with Crippen LogP contribution in [0.1, 0.15) is 74.3 Å². The zero-order chi connectivity index (χ0) is 16.3. The lowest BCUT2D eigenvalue weighted by Crippen LogP contribution is -2.14. The number of hydrogen-bond acceptors (Lipinski definition) is 4. The average molecular weight is 322 g/mol. The normalized spacial score (nSPS) is 24.0. The van der Waals surface area contributed by atoms with E-state index in [1.165, 1.54) is 24.0 Å². The second-order valence-electron chi connectivity index (χ2n) is 8.07. The van der Waals surface area contributed by atoms with E-state index in [0.717, 1.165) is 37.1 Å². The largest absolute Gasteiger partial charge is 0.339 e. The third-order valence-electron chi connectivity index (χ3n) is 6.08. The van der Waals surface area contributed by atoms with Crippen molar-refractivity contribution in [2.75, 3.05) is 0 Å². The number of nitrogens with zero attached hydrogens (tertiary/aromatic N) is 2. The van der Waals surface area contributed by atoms with Crippen LogP contribution in [-0.4, -0.2) is 15.9 Å². The molecule has 1 atom stereocenters. The van der Waals surface area contributed by atoms with Crippen molar-refractivity contribution in [3.05, 3.63) is 35.2 Å². The van der Waals surface area contributed by atoms with E-state index < -0.39 is 0 Å². The van der Waals surface area contributed by atoms with Crippen LogP contribution in [0.5, 0.6) is 0 Å². The highest BCUT2D eigenvalue weighted by molar-refractivity contribution is 5.87. The molecule has 5 rings (SSSR count). The Morgan fingerprint density at radius 2 is 2.12 bits per heavy atom. The lowest BCUT2D eigenvalue weighted by atomic mass is 9.89. The van der Waals surface area contributed by atoms with Gasteiger partial charge in [0, 0.05) is 23.3 Å². The lowest BCUT2D eigenvalue weighted by Gasteiger charge is -2.14. The molecule has 124 valence electrons. The Labute approximate surface area is 141 Å². The van der Waals surface area contributed by atoms with Crippen LogP contribution in [0, 0.1) is 5.41 Å². The van der Waals surface area contributed by atoms with Crippen LogP contribution in [0.3, 0.4) is 0 Å². The molecular formula is C20H22N2O2. The van der Waals surface area contributed by atoms with E-state index in [1.807, 2.05) is 0 Å². The first kappa shape index (κ1) is 14.4. The highest BCUT2D eigenvalue weighted by Gasteiger charge is 2.45. The molecule has 0 unspecified atom stereocenters. The molecule has 24 heavy (non-hydrogen) atoms. The van der Waals surface area contributed by atoms with Crippen molar-refractivity contribution in [2.24, 2.45) is 5.41 Å². The lowest BCUT2D eigenvalue weighted by molar-refractivity contribution is -0.123. The molecule has 4 heteroatoms. The molecule has 2 saturated carbocycles. The van der Waals surface area contributed by atoms with E-state index in [1.54, 1.807) is 0 Å².